The molecule has 3 nitrogen and oxygen atoms in total. The lowest BCUT2D eigenvalue weighted by Crippen LogP contribution is -2.16. The quantitative estimate of drug-likeness (QED) is 0.727. The molecule has 86 valence electrons. The van der Waals surface area contributed by atoms with Gasteiger partial charge in [0.05, 0.1) is 5.30 Å². The van der Waals surface area contributed by atoms with Crippen LogP contribution >= 0.6 is 7.60 Å². The first-order valence-electron chi connectivity index (χ1n) is 5.31. The fraction of sp³-hybridized carbons (Fsp3) is 0.0769. The number of hydrogen-bond donors (Lipinski definition) is 1. The largest absolute Gasteiger partial charge is 0.421 e. The second-order valence-electron chi connectivity index (χ2n) is 4.13. The number of fused-ring (bicyclic) bond motifs is 3. The zero-order chi connectivity index (χ0) is 12.0. The average Bonchev–Trinajstić information content (AvgIpc) is 2.30. The van der Waals surface area contributed by atoms with Crippen LogP contribution in [-0.2, 0) is 4.57 Å². The molecule has 3 rings (SSSR count). The Bertz CT molecular complexity index is 649. The van der Waals surface area contributed by atoms with Crippen LogP contribution in [0.25, 0.3) is 11.1 Å². The van der Waals surface area contributed by atoms with Gasteiger partial charge in [0.15, 0.2) is 0 Å². The van der Waals surface area contributed by atoms with Crippen molar-refractivity contribution in [2.45, 2.75) is 6.92 Å². The molecule has 1 heterocycles. The van der Waals surface area contributed by atoms with Gasteiger partial charge in [0.25, 0.3) is 0 Å². The molecule has 0 spiro atoms. The highest BCUT2D eigenvalue weighted by Crippen LogP contribution is 2.51. The van der Waals surface area contributed by atoms with E-state index in [0.29, 0.717) is 11.1 Å². The van der Waals surface area contributed by atoms with E-state index in [9.17, 15) is 9.46 Å². The van der Waals surface area contributed by atoms with Crippen LogP contribution in [0.15, 0.2) is 42.5 Å². The van der Waals surface area contributed by atoms with Crippen molar-refractivity contribution in [2.75, 3.05) is 0 Å². The number of benzene rings is 2. The van der Waals surface area contributed by atoms with Crippen LogP contribution in [0.3, 0.4) is 0 Å². The van der Waals surface area contributed by atoms with Crippen LogP contribution in [0, 0.1) is 6.92 Å². The van der Waals surface area contributed by atoms with Crippen molar-refractivity contribution in [1.82, 2.24) is 0 Å². The van der Waals surface area contributed by atoms with E-state index in [-0.39, 0.29) is 0 Å². The van der Waals surface area contributed by atoms with Crippen molar-refractivity contribution in [2.24, 2.45) is 0 Å². The Morgan fingerprint density at radius 1 is 1.12 bits per heavy atom. The standard InChI is InChI=1S/C13H11O3P/c1-9-6-7-12-11(8-9)10-4-2-3-5-13(10)17(14,15)16-12/h2-8H,1H3,(H,14,15). The summed E-state index contributed by atoms with van der Waals surface area (Å²) in [5, 5.41) is 0.373. The predicted octanol–water partition coefficient (Wildman–Crippen LogP) is 2.87. The molecule has 0 fully saturated rings. The molecular formula is C13H11O3P. The number of rotatable bonds is 0. The molecule has 1 atom stereocenters. The minimum atomic E-state index is -3.72. The molecule has 0 aromatic heterocycles. The molecule has 1 aliphatic rings. The van der Waals surface area contributed by atoms with Gasteiger partial charge in [-0.2, -0.15) is 0 Å². The molecule has 1 unspecified atom stereocenters. The second-order valence-corrected chi connectivity index (χ2v) is 5.83. The molecule has 1 N–H and O–H groups in total. The topological polar surface area (TPSA) is 46.5 Å². The van der Waals surface area contributed by atoms with Gasteiger partial charge in [-0.1, -0.05) is 29.8 Å². The Balaban J connectivity index is 2.36. The van der Waals surface area contributed by atoms with Gasteiger partial charge in [0, 0.05) is 11.1 Å². The third-order valence-corrected chi connectivity index (χ3v) is 4.30. The number of aryl methyl sites for hydroxylation is 1. The minimum absolute atomic E-state index is 0.373. The Morgan fingerprint density at radius 3 is 2.71 bits per heavy atom. The average molecular weight is 246 g/mol. The van der Waals surface area contributed by atoms with E-state index in [1.165, 1.54) is 0 Å². The maximum absolute atomic E-state index is 12.0. The van der Waals surface area contributed by atoms with Gasteiger partial charge >= 0.3 is 7.60 Å². The van der Waals surface area contributed by atoms with E-state index < -0.39 is 7.60 Å². The van der Waals surface area contributed by atoms with Gasteiger partial charge in [-0.25, -0.2) is 4.57 Å². The third kappa shape index (κ3) is 1.59. The van der Waals surface area contributed by atoms with Gasteiger partial charge in [-0.3, -0.25) is 0 Å². The highest BCUT2D eigenvalue weighted by atomic mass is 31.2. The fourth-order valence-corrected chi connectivity index (χ4v) is 3.36. The minimum Gasteiger partial charge on any atom is -0.421 e. The maximum atomic E-state index is 12.0. The highest BCUT2D eigenvalue weighted by Gasteiger charge is 2.33. The van der Waals surface area contributed by atoms with Crippen molar-refractivity contribution in [3.63, 3.8) is 0 Å². The Hall–Kier alpha value is -1.57. The summed E-state index contributed by atoms with van der Waals surface area (Å²) in [6, 6.07) is 12.7. The SMILES string of the molecule is Cc1ccc2c(c1)-c1ccccc1P(=O)(O)O2. The van der Waals surface area contributed by atoms with Crippen LogP contribution in [0.5, 0.6) is 5.75 Å². The summed E-state index contributed by atoms with van der Waals surface area (Å²) in [4.78, 5) is 9.88. The number of hydrogen-bond acceptors (Lipinski definition) is 2. The molecular weight excluding hydrogens is 235 g/mol. The van der Waals surface area contributed by atoms with Crippen molar-refractivity contribution in [3.05, 3.63) is 48.0 Å². The molecule has 4 heteroatoms. The summed E-state index contributed by atoms with van der Waals surface area (Å²) < 4.78 is 17.2. The van der Waals surface area contributed by atoms with Gasteiger partial charge in [0.2, 0.25) is 0 Å². The van der Waals surface area contributed by atoms with Crippen LogP contribution < -0.4 is 9.83 Å². The lowest BCUT2D eigenvalue weighted by Gasteiger charge is -2.24. The molecule has 2 aromatic rings. The summed E-state index contributed by atoms with van der Waals surface area (Å²) >= 11 is 0. The molecule has 0 amide bonds. The highest BCUT2D eigenvalue weighted by molar-refractivity contribution is 7.62. The lowest BCUT2D eigenvalue weighted by molar-refractivity contribution is 0.392. The summed E-state index contributed by atoms with van der Waals surface area (Å²) in [5.41, 5.74) is 2.75. The van der Waals surface area contributed by atoms with Crippen molar-refractivity contribution in [1.29, 1.82) is 0 Å². The Labute approximate surface area is 99.2 Å². The third-order valence-electron chi connectivity index (χ3n) is 2.86. The van der Waals surface area contributed by atoms with Crippen molar-refractivity contribution in [3.8, 4) is 16.9 Å². The van der Waals surface area contributed by atoms with Crippen LogP contribution in [-0.4, -0.2) is 4.89 Å². The monoisotopic (exact) mass is 246 g/mol. The van der Waals surface area contributed by atoms with E-state index in [2.05, 4.69) is 0 Å². The summed E-state index contributed by atoms with van der Waals surface area (Å²) in [6.45, 7) is 1.98. The zero-order valence-electron chi connectivity index (χ0n) is 9.25. The zero-order valence-corrected chi connectivity index (χ0v) is 10.1. The van der Waals surface area contributed by atoms with Gasteiger partial charge in [-0.05, 0) is 25.1 Å². The molecule has 0 radical (unpaired) electrons. The smallest absolute Gasteiger partial charge is 0.408 e. The molecule has 0 saturated heterocycles. The molecule has 0 bridgehead atoms. The second kappa shape index (κ2) is 3.46. The van der Waals surface area contributed by atoms with Gasteiger partial charge in [-0.15, -0.1) is 0 Å². The Kier molecular flexibility index (Phi) is 2.15. The van der Waals surface area contributed by atoms with E-state index in [1.54, 1.807) is 18.2 Å². The van der Waals surface area contributed by atoms with E-state index in [1.807, 2.05) is 31.2 Å². The lowest BCUT2D eigenvalue weighted by atomic mass is 10.0. The normalized spacial score (nSPS) is 21.3. The van der Waals surface area contributed by atoms with Gasteiger partial charge in [0.1, 0.15) is 5.75 Å². The molecule has 0 saturated carbocycles. The molecule has 0 aliphatic carbocycles. The molecule has 2 aromatic carbocycles. The first-order chi connectivity index (χ1) is 8.08. The predicted molar refractivity (Wildman–Crippen MR) is 66.7 cm³/mol. The molecule has 1 aliphatic heterocycles. The first-order valence-corrected chi connectivity index (χ1v) is 6.89. The summed E-state index contributed by atoms with van der Waals surface area (Å²) in [5.74, 6) is 0.472. The van der Waals surface area contributed by atoms with E-state index >= 15 is 0 Å². The summed E-state index contributed by atoms with van der Waals surface area (Å²) in [6.07, 6.45) is 0. The summed E-state index contributed by atoms with van der Waals surface area (Å²) in [7, 11) is -3.72. The Morgan fingerprint density at radius 2 is 1.88 bits per heavy atom. The fourth-order valence-electron chi connectivity index (χ4n) is 2.06. The van der Waals surface area contributed by atoms with Crippen LogP contribution in [0.1, 0.15) is 5.56 Å². The van der Waals surface area contributed by atoms with Crippen LogP contribution in [0.2, 0.25) is 0 Å². The maximum Gasteiger partial charge on any atom is 0.408 e. The van der Waals surface area contributed by atoms with Crippen molar-refractivity contribution < 1.29 is 14.0 Å². The first kappa shape index (κ1) is 10.6. The van der Waals surface area contributed by atoms with Crippen molar-refractivity contribution >= 4 is 12.9 Å². The van der Waals surface area contributed by atoms with E-state index in [0.717, 1.165) is 16.7 Å². The van der Waals surface area contributed by atoms with Gasteiger partial charge < -0.3 is 9.42 Å². The van der Waals surface area contributed by atoms with Crippen LogP contribution in [0.4, 0.5) is 0 Å². The van der Waals surface area contributed by atoms with E-state index in [4.69, 9.17) is 4.52 Å². The molecule has 17 heavy (non-hydrogen) atoms.